The molecule has 0 fully saturated rings. The van der Waals surface area contributed by atoms with Crippen molar-refractivity contribution in [1.29, 1.82) is 0 Å². The van der Waals surface area contributed by atoms with Crippen molar-refractivity contribution in [3.8, 4) is 0 Å². The summed E-state index contributed by atoms with van der Waals surface area (Å²) in [4.78, 5) is 14.6. The number of hydrogen-bond acceptors (Lipinski definition) is 4. The lowest BCUT2D eigenvalue weighted by Gasteiger charge is -1.86. The second kappa shape index (κ2) is 4.95. The second-order valence-corrected chi connectivity index (χ2v) is 5.84. The minimum Gasteiger partial charge on any atom is -0.481 e. The molecule has 0 aliphatic carbocycles. The molecule has 1 N–H and O–H groups in total. The van der Waals surface area contributed by atoms with Gasteiger partial charge in [0.1, 0.15) is 0 Å². The maximum atomic E-state index is 10.3. The molecule has 0 atom stereocenters. The number of carbonyl (C=O) groups is 1. The van der Waals surface area contributed by atoms with Gasteiger partial charge in [0.2, 0.25) is 0 Å². The normalized spacial score (nSPS) is 12.2. The van der Waals surface area contributed by atoms with Crippen LogP contribution in [0.25, 0.3) is 9.40 Å². The Kier molecular flexibility index (Phi) is 3.58. The molecular formula is C10H8ClNO2S2. The zero-order chi connectivity index (χ0) is 11.5. The number of carboxylic acid groups (broad SMARTS) is 1. The Balaban J connectivity index is 2.28. The lowest BCUT2D eigenvalue weighted by atomic mass is 10.4. The summed E-state index contributed by atoms with van der Waals surface area (Å²) in [5.74, 6) is -0.821. The Morgan fingerprint density at radius 1 is 1.38 bits per heavy atom. The van der Waals surface area contributed by atoms with E-state index in [1.807, 2.05) is 18.2 Å². The Labute approximate surface area is 105 Å². The van der Waals surface area contributed by atoms with E-state index in [0.717, 1.165) is 13.4 Å². The van der Waals surface area contributed by atoms with Crippen LogP contribution in [0.3, 0.4) is 0 Å². The highest BCUT2D eigenvalue weighted by Gasteiger charge is 2.00. The summed E-state index contributed by atoms with van der Waals surface area (Å²) in [5, 5.41) is 9.20. The molecule has 0 aliphatic rings. The highest BCUT2D eigenvalue weighted by atomic mass is 35.5. The van der Waals surface area contributed by atoms with E-state index in [1.165, 1.54) is 11.3 Å². The van der Waals surface area contributed by atoms with Gasteiger partial charge in [0.25, 0.3) is 0 Å². The summed E-state index contributed by atoms with van der Waals surface area (Å²) in [5.41, 5.74) is 0. The average molecular weight is 274 g/mol. The van der Waals surface area contributed by atoms with Gasteiger partial charge in [0.05, 0.1) is 13.0 Å². The highest BCUT2D eigenvalue weighted by Crippen LogP contribution is 2.24. The minimum absolute atomic E-state index is 0.0712. The van der Waals surface area contributed by atoms with Crippen LogP contribution >= 0.6 is 34.3 Å². The molecule has 0 unspecified atom stereocenters. The number of aliphatic carboxylic acids is 1. The third-order valence-electron chi connectivity index (χ3n) is 1.87. The van der Waals surface area contributed by atoms with Crippen molar-refractivity contribution in [2.75, 3.05) is 6.54 Å². The van der Waals surface area contributed by atoms with Crippen molar-refractivity contribution in [3.63, 3.8) is 0 Å². The zero-order valence-electron chi connectivity index (χ0n) is 8.14. The van der Waals surface area contributed by atoms with Crippen molar-refractivity contribution in [1.82, 2.24) is 0 Å². The van der Waals surface area contributed by atoms with Crippen LogP contribution < -0.4 is 3.98 Å². The van der Waals surface area contributed by atoms with E-state index in [9.17, 15) is 4.79 Å². The molecule has 6 heteroatoms. The van der Waals surface area contributed by atoms with Crippen molar-refractivity contribution in [2.24, 2.45) is 4.99 Å². The molecular weight excluding hydrogens is 266 g/mol. The van der Waals surface area contributed by atoms with Crippen LogP contribution in [-0.4, -0.2) is 17.6 Å². The lowest BCUT2D eigenvalue weighted by Crippen LogP contribution is -1.99. The van der Waals surface area contributed by atoms with Gasteiger partial charge in [-0.05, 0) is 18.2 Å². The van der Waals surface area contributed by atoms with Gasteiger partial charge in [-0.15, -0.1) is 22.7 Å². The summed E-state index contributed by atoms with van der Waals surface area (Å²) in [6.07, 6.45) is 0.0712. The molecule has 2 aromatic rings. The van der Waals surface area contributed by atoms with Gasteiger partial charge >= 0.3 is 5.97 Å². The Morgan fingerprint density at radius 2 is 2.12 bits per heavy atom. The number of rotatable bonds is 3. The smallest absolute Gasteiger partial charge is 0.305 e. The predicted octanol–water partition coefficient (Wildman–Crippen LogP) is 2.99. The fraction of sp³-hybridized carbons (Fsp3) is 0.200. The van der Waals surface area contributed by atoms with Gasteiger partial charge in [-0.3, -0.25) is 9.79 Å². The van der Waals surface area contributed by atoms with Gasteiger partial charge < -0.3 is 5.11 Å². The minimum atomic E-state index is -0.821. The van der Waals surface area contributed by atoms with E-state index >= 15 is 0 Å². The first-order valence-electron chi connectivity index (χ1n) is 4.56. The van der Waals surface area contributed by atoms with E-state index in [2.05, 4.69) is 4.99 Å². The standard InChI is InChI=1S/C10H8ClNO2S2/c11-6-1-2-7-8(5-6)16-10(15-7)12-4-3-9(13)14/h1-2,5H,3-4H2,(H,13,14)/b12-10-. The Morgan fingerprint density at radius 3 is 2.88 bits per heavy atom. The molecule has 1 aromatic heterocycles. The molecule has 84 valence electrons. The first-order valence-corrected chi connectivity index (χ1v) is 6.58. The summed E-state index contributed by atoms with van der Waals surface area (Å²) in [7, 11) is 0. The number of nitrogens with zero attached hydrogens (tertiary/aromatic N) is 1. The average Bonchev–Trinajstić information content (AvgIpc) is 2.58. The number of benzene rings is 1. The summed E-state index contributed by atoms with van der Waals surface area (Å²) < 4.78 is 3.11. The molecule has 3 nitrogen and oxygen atoms in total. The van der Waals surface area contributed by atoms with Gasteiger partial charge in [0.15, 0.2) is 3.98 Å². The molecule has 1 heterocycles. The summed E-state index contributed by atoms with van der Waals surface area (Å²) in [6.45, 7) is 0.326. The second-order valence-electron chi connectivity index (χ2n) is 3.09. The van der Waals surface area contributed by atoms with E-state index < -0.39 is 5.97 Å². The van der Waals surface area contributed by atoms with Gasteiger partial charge in [-0.25, -0.2) is 0 Å². The van der Waals surface area contributed by atoms with Crippen LogP contribution in [0.5, 0.6) is 0 Å². The molecule has 0 bridgehead atoms. The monoisotopic (exact) mass is 273 g/mol. The highest BCUT2D eigenvalue weighted by molar-refractivity contribution is 7.35. The topological polar surface area (TPSA) is 49.7 Å². The maximum absolute atomic E-state index is 10.3. The maximum Gasteiger partial charge on any atom is 0.305 e. The molecule has 0 aliphatic heterocycles. The fourth-order valence-corrected chi connectivity index (χ4v) is 3.69. The number of carboxylic acids is 1. The van der Waals surface area contributed by atoms with E-state index in [-0.39, 0.29) is 6.42 Å². The number of hydrogen-bond donors (Lipinski definition) is 1. The van der Waals surface area contributed by atoms with Gasteiger partial charge in [0, 0.05) is 14.4 Å². The van der Waals surface area contributed by atoms with Crippen LogP contribution in [0.4, 0.5) is 0 Å². The molecule has 0 spiro atoms. The molecule has 0 amide bonds. The molecule has 1 aromatic carbocycles. The van der Waals surface area contributed by atoms with Crippen LogP contribution in [0.2, 0.25) is 5.02 Å². The van der Waals surface area contributed by atoms with Crippen LogP contribution in [0.1, 0.15) is 6.42 Å². The molecule has 0 saturated carbocycles. The zero-order valence-corrected chi connectivity index (χ0v) is 10.5. The molecule has 16 heavy (non-hydrogen) atoms. The first kappa shape index (κ1) is 11.6. The van der Waals surface area contributed by atoms with Crippen molar-refractivity contribution >= 4 is 49.6 Å². The first-order chi connectivity index (χ1) is 7.65. The molecule has 0 radical (unpaired) electrons. The lowest BCUT2D eigenvalue weighted by molar-refractivity contribution is -0.136. The third kappa shape index (κ3) is 2.81. The van der Waals surface area contributed by atoms with Crippen LogP contribution in [0, 0.1) is 0 Å². The fourth-order valence-electron chi connectivity index (χ4n) is 1.16. The molecule has 0 saturated heterocycles. The van der Waals surface area contributed by atoms with Crippen molar-refractivity contribution < 1.29 is 9.90 Å². The van der Waals surface area contributed by atoms with Crippen LogP contribution in [0.15, 0.2) is 23.2 Å². The Bertz CT molecular complexity index is 588. The van der Waals surface area contributed by atoms with E-state index in [0.29, 0.717) is 11.6 Å². The SMILES string of the molecule is O=C(O)CC/N=c1/sc2ccc(Cl)cc2s1. The Hall–Kier alpha value is -0.910. The predicted molar refractivity (Wildman–Crippen MR) is 67.4 cm³/mol. The largest absolute Gasteiger partial charge is 0.481 e. The van der Waals surface area contributed by atoms with Gasteiger partial charge in [-0.1, -0.05) is 11.6 Å². The van der Waals surface area contributed by atoms with Crippen molar-refractivity contribution in [3.05, 3.63) is 27.2 Å². The number of fused-ring (bicyclic) bond motifs is 1. The third-order valence-corrected chi connectivity index (χ3v) is 4.47. The van der Waals surface area contributed by atoms with Crippen molar-refractivity contribution in [2.45, 2.75) is 6.42 Å². The number of halogens is 1. The quantitative estimate of drug-likeness (QED) is 0.935. The summed E-state index contributed by atoms with van der Waals surface area (Å²) >= 11 is 8.97. The van der Waals surface area contributed by atoms with E-state index in [4.69, 9.17) is 16.7 Å². The van der Waals surface area contributed by atoms with E-state index in [1.54, 1.807) is 11.3 Å². The van der Waals surface area contributed by atoms with Crippen LogP contribution in [-0.2, 0) is 4.79 Å². The molecule has 2 rings (SSSR count). The van der Waals surface area contributed by atoms with Gasteiger partial charge in [-0.2, -0.15) is 0 Å². The summed E-state index contributed by atoms with van der Waals surface area (Å²) in [6, 6.07) is 5.69.